The molecule has 0 amide bonds. The fourth-order valence-electron chi connectivity index (χ4n) is 3.84. The van der Waals surface area contributed by atoms with Crippen LogP contribution in [0.1, 0.15) is 12.8 Å². The molecule has 1 saturated carbocycles. The number of rotatable bonds is 3. The van der Waals surface area contributed by atoms with Crippen molar-refractivity contribution in [3.63, 3.8) is 0 Å². The lowest BCUT2D eigenvalue weighted by Gasteiger charge is -2.33. The predicted octanol–water partition coefficient (Wildman–Crippen LogP) is -0.641. The van der Waals surface area contributed by atoms with Crippen molar-refractivity contribution in [2.45, 2.75) is 12.8 Å². The van der Waals surface area contributed by atoms with Crippen molar-refractivity contribution >= 4 is 10.0 Å². The molecule has 2 bridgehead atoms. The van der Waals surface area contributed by atoms with Crippen molar-refractivity contribution in [3.8, 4) is 0 Å². The third-order valence-corrected chi connectivity index (χ3v) is 6.17. The Bertz CT molecular complexity index is 438. The SMILES string of the molecule is CS(=O)(=O)N1CC[NH+](C[C@@H]2C[C@@H]3C=C[C@H]2C3)CC1. The fourth-order valence-corrected chi connectivity index (χ4v) is 4.68. The number of hydrogen-bond acceptors (Lipinski definition) is 2. The Hall–Kier alpha value is -0.390. The van der Waals surface area contributed by atoms with Crippen LogP contribution in [-0.2, 0) is 10.0 Å². The van der Waals surface area contributed by atoms with Crippen LogP contribution in [0.4, 0.5) is 0 Å². The molecule has 2 aliphatic carbocycles. The highest BCUT2D eigenvalue weighted by Crippen LogP contribution is 2.42. The number of piperazine rings is 1. The van der Waals surface area contributed by atoms with E-state index in [2.05, 4.69) is 12.2 Å². The Balaban J connectivity index is 1.50. The van der Waals surface area contributed by atoms with Gasteiger partial charge in [-0.1, -0.05) is 12.2 Å². The molecule has 3 atom stereocenters. The van der Waals surface area contributed by atoms with Gasteiger partial charge in [0.1, 0.15) is 0 Å². The number of hydrogen-bond donors (Lipinski definition) is 1. The molecule has 1 N–H and O–H groups in total. The Kier molecular flexibility index (Phi) is 3.24. The third kappa shape index (κ3) is 2.49. The molecule has 1 saturated heterocycles. The summed E-state index contributed by atoms with van der Waals surface area (Å²) in [5.74, 6) is 2.51. The number of nitrogens with one attached hydrogen (secondary N) is 1. The average molecular weight is 271 g/mol. The minimum atomic E-state index is -2.98. The first-order chi connectivity index (χ1) is 8.52. The summed E-state index contributed by atoms with van der Waals surface area (Å²) in [6.07, 6.45) is 8.84. The fraction of sp³-hybridized carbons (Fsp3) is 0.846. The van der Waals surface area contributed by atoms with E-state index in [1.807, 2.05) is 0 Å². The van der Waals surface area contributed by atoms with Gasteiger partial charge in [0.15, 0.2) is 0 Å². The van der Waals surface area contributed by atoms with Crippen molar-refractivity contribution in [2.24, 2.45) is 17.8 Å². The largest absolute Gasteiger partial charge is 0.333 e. The second kappa shape index (κ2) is 4.62. The molecule has 0 aromatic rings. The maximum Gasteiger partial charge on any atom is 0.211 e. The Morgan fingerprint density at radius 1 is 1.22 bits per heavy atom. The highest BCUT2D eigenvalue weighted by molar-refractivity contribution is 7.88. The maximum atomic E-state index is 11.4. The van der Waals surface area contributed by atoms with Crippen molar-refractivity contribution in [1.82, 2.24) is 4.31 Å². The van der Waals surface area contributed by atoms with Crippen LogP contribution >= 0.6 is 0 Å². The minimum Gasteiger partial charge on any atom is -0.333 e. The Labute approximate surface area is 110 Å². The molecule has 102 valence electrons. The molecule has 5 heteroatoms. The number of sulfonamides is 1. The van der Waals surface area contributed by atoms with Gasteiger partial charge < -0.3 is 4.90 Å². The Morgan fingerprint density at radius 3 is 2.44 bits per heavy atom. The quantitative estimate of drug-likeness (QED) is 0.694. The summed E-state index contributed by atoms with van der Waals surface area (Å²) < 4.78 is 24.5. The van der Waals surface area contributed by atoms with E-state index in [9.17, 15) is 8.42 Å². The molecule has 4 nitrogen and oxygen atoms in total. The monoisotopic (exact) mass is 271 g/mol. The number of nitrogens with zero attached hydrogens (tertiary/aromatic N) is 1. The van der Waals surface area contributed by atoms with Crippen LogP contribution in [-0.4, -0.2) is 51.7 Å². The van der Waals surface area contributed by atoms with Gasteiger partial charge in [-0.3, -0.25) is 0 Å². The minimum absolute atomic E-state index is 0.699. The Morgan fingerprint density at radius 2 is 1.94 bits per heavy atom. The molecule has 0 radical (unpaired) electrons. The lowest BCUT2D eigenvalue weighted by molar-refractivity contribution is -0.907. The number of quaternary nitrogens is 1. The van der Waals surface area contributed by atoms with Crippen molar-refractivity contribution < 1.29 is 13.3 Å². The second-order valence-corrected chi connectivity index (χ2v) is 8.14. The van der Waals surface area contributed by atoms with Gasteiger partial charge in [-0.15, -0.1) is 0 Å². The maximum absolute atomic E-state index is 11.4. The molecule has 1 aliphatic heterocycles. The number of fused-ring (bicyclic) bond motifs is 2. The van der Waals surface area contributed by atoms with Crippen LogP contribution < -0.4 is 4.90 Å². The van der Waals surface area contributed by atoms with Crippen molar-refractivity contribution in [3.05, 3.63) is 12.2 Å². The zero-order valence-electron chi connectivity index (χ0n) is 11.0. The van der Waals surface area contributed by atoms with Gasteiger partial charge in [0.05, 0.1) is 39.0 Å². The molecular formula is C13H23N2O2S+. The van der Waals surface area contributed by atoms with Gasteiger partial charge in [0.2, 0.25) is 10.0 Å². The first-order valence-corrected chi connectivity index (χ1v) is 8.84. The molecule has 2 fully saturated rings. The smallest absolute Gasteiger partial charge is 0.211 e. The van der Waals surface area contributed by atoms with Gasteiger partial charge in [0, 0.05) is 5.92 Å². The first-order valence-electron chi connectivity index (χ1n) is 6.99. The zero-order chi connectivity index (χ0) is 12.8. The van der Waals surface area contributed by atoms with Gasteiger partial charge in [-0.2, -0.15) is 4.31 Å². The molecule has 0 unspecified atom stereocenters. The molecule has 0 aromatic heterocycles. The molecule has 18 heavy (non-hydrogen) atoms. The summed E-state index contributed by atoms with van der Waals surface area (Å²) in [7, 11) is -2.98. The molecule has 1 heterocycles. The van der Waals surface area contributed by atoms with E-state index in [4.69, 9.17) is 0 Å². The molecule has 3 aliphatic rings. The molecular weight excluding hydrogens is 248 g/mol. The summed E-state index contributed by atoms with van der Waals surface area (Å²) in [5, 5.41) is 0. The molecule has 3 rings (SSSR count). The predicted molar refractivity (Wildman–Crippen MR) is 70.8 cm³/mol. The van der Waals surface area contributed by atoms with Crippen LogP contribution in [0.25, 0.3) is 0 Å². The highest BCUT2D eigenvalue weighted by atomic mass is 32.2. The van der Waals surface area contributed by atoms with Crippen LogP contribution in [0.15, 0.2) is 12.2 Å². The summed E-state index contributed by atoms with van der Waals surface area (Å²) >= 11 is 0. The number of allylic oxidation sites excluding steroid dienone is 2. The second-order valence-electron chi connectivity index (χ2n) is 6.16. The van der Waals surface area contributed by atoms with E-state index >= 15 is 0 Å². The molecule has 0 aromatic carbocycles. The summed E-state index contributed by atoms with van der Waals surface area (Å²) in [6.45, 7) is 4.59. The average Bonchev–Trinajstić information content (AvgIpc) is 2.90. The van der Waals surface area contributed by atoms with Gasteiger partial charge in [0.25, 0.3) is 0 Å². The molecule has 0 spiro atoms. The lowest BCUT2D eigenvalue weighted by Crippen LogP contribution is -3.15. The van der Waals surface area contributed by atoms with Crippen molar-refractivity contribution in [2.75, 3.05) is 39.0 Å². The van der Waals surface area contributed by atoms with E-state index in [-0.39, 0.29) is 0 Å². The first kappa shape index (κ1) is 12.6. The van der Waals surface area contributed by atoms with E-state index in [1.165, 1.54) is 25.6 Å². The van der Waals surface area contributed by atoms with Crippen LogP contribution in [0, 0.1) is 17.8 Å². The summed E-state index contributed by atoms with van der Waals surface area (Å²) in [5.41, 5.74) is 0. The normalized spacial score (nSPS) is 37.5. The van der Waals surface area contributed by atoms with Gasteiger partial charge >= 0.3 is 0 Å². The lowest BCUT2D eigenvalue weighted by atomic mass is 9.93. The summed E-state index contributed by atoms with van der Waals surface area (Å²) in [4.78, 5) is 1.60. The summed E-state index contributed by atoms with van der Waals surface area (Å²) in [6, 6.07) is 0. The van der Waals surface area contributed by atoms with E-state index in [0.717, 1.165) is 30.8 Å². The zero-order valence-corrected chi connectivity index (χ0v) is 11.8. The highest BCUT2D eigenvalue weighted by Gasteiger charge is 2.38. The van der Waals surface area contributed by atoms with Gasteiger partial charge in [-0.05, 0) is 24.7 Å². The van der Waals surface area contributed by atoms with E-state index in [0.29, 0.717) is 13.1 Å². The van der Waals surface area contributed by atoms with E-state index in [1.54, 1.807) is 9.21 Å². The van der Waals surface area contributed by atoms with Crippen LogP contribution in [0.5, 0.6) is 0 Å². The third-order valence-electron chi connectivity index (χ3n) is 4.87. The van der Waals surface area contributed by atoms with Crippen LogP contribution in [0.3, 0.4) is 0 Å². The topological polar surface area (TPSA) is 41.8 Å². The van der Waals surface area contributed by atoms with Crippen LogP contribution in [0.2, 0.25) is 0 Å². The van der Waals surface area contributed by atoms with Gasteiger partial charge in [-0.25, -0.2) is 8.42 Å². The van der Waals surface area contributed by atoms with E-state index < -0.39 is 10.0 Å². The standard InChI is InChI=1S/C13H22N2O2S/c1-18(16,17)15-6-4-14(5-7-15)10-13-9-11-2-3-12(13)8-11/h2-3,11-13H,4-10H2,1H3/p+1/t11-,12+,13+/m1/s1. The van der Waals surface area contributed by atoms with Crippen molar-refractivity contribution in [1.29, 1.82) is 0 Å².